The molecule has 0 saturated carbocycles. The lowest BCUT2D eigenvalue weighted by Gasteiger charge is -2.12. The summed E-state index contributed by atoms with van der Waals surface area (Å²) in [6.07, 6.45) is 2.07. The van der Waals surface area contributed by atoms with Crippen LogP contribution >= 0.6 is 11.8 Å². The summed E-state index contributed by atoms with van der Waals surface area (Å²) in [6, 6.07) is 24.8. The Labute approximate surface area is 177 Å². The van der Waals surface area contributed by atoms with Crippen LogP contribution in [0.3, 0.4) is 0 Å². The molecule has 0 aliphatic heterocycles. The van der Waals surface area contributed by atoms with Crippen molar-refractivity contribution in [1.29, 1.82) is 0 Å². The first kappa shape index (κ1) is 21.0. The molecule has 0 saturated heterocycles. The first-order valence-electron chi connectivity index (χ1n) is 9.77. The zero-order chi connectivity index (χ0) is 20.5. The highest BCUT2D eigenvalue weighted by Gasteiger charge is 2.08. The van der Waals surface area contributed by atoms with E-state index in [0.717, 1.165) is 28.3 Å². The molecule has 0 N–H and O–H groups in total. The lowest BCUT2D eigenvalue weighted by atomic mass is 9.97. The third-order valence-corrected chi connectivity index (χ3v) is 5.27. The summed E-state index contributed by atoms with van der Waals surface area (Å²) in [5.74, 6) is 1.66. The summed E-state index contributed by atoms with van der Waals surface area (Å²) >= 11 is 1.73. The minimum atomic E-state index is 0.446. The van der Waals surface area contributed by atoms with Gasteiger partial charge in [0.1, 0.15) is 12.4 Å². The van der Waals surface area contributed by atoms with Crippen molar-refractivity contribution in [2.24, 2.45) is 5.16 Å². The Kier molecular flexibility index (Phi) is 7.77. The topological polar surface area (TPSA) is 30.8 Å². The van der Waals surface area contributed by atoms with E-state index in [1.54, 1.807) is 11.8 Å². The van der Waals surface area contributed by atoms with E-state index in [-0.39, 0.29) is 0 Å². The summed E-state index contributed by atoms with van der Waals surface area (Å²) in [7, 11) is 0. The minimum Gasteiger partial charge on any atom is -0.494 e. The Bertz CT molecular complexity index is 937. The van der Waals surface area contributed by atoms with Gasteiger partial charge in [-0.2, -0.15) is 11.8 Å². The molecule has 0 aromatic heterocycles. The molecule has 0 spiro atoms. The van der Waals surface area contributed by atoms with Crippen molar-refractivity contribution in [3.05, 3.63) is 89.5 Å². The third kappa shape index (κ3) is 5.64. The van der Waals surface area contributed by atoms with Crippen LogP contribution in [0.5, 0.6) is 5.75 Å². The van der Waals surface area contributed by atoms with Gasteiger partial charge in [-0.05, 0) is 66.6 Å². The van der Waals surface area contributed by atoms with Gasteiger partial charge in [0.2, 0.25) is 0 Å². The van der Waals surface area contributed by atoms with Crippen molar-refractivity contribution in [3.63, 3.8) is 0 Å². The van der Waals surface area contributed by atoms with Crippen molar-refractivity contribution < 1.29 is 9.57 Å². The van der Waals surface area contributed by atoms with Crippen LogP contribution in [0.2, 0.25) is 0 Å². The molecule has 29 heavy (non-hydrogen) atoms. The normalized spacial score (nSPS) is 11.3. The van der Waals surface area contributed by atoms with Crippen molar-refractivity contribution >= 4 is 17.5 Å². The van der Waals surface area contributed by atoms with E-state index < -0.39 is 0 Å². The van der Waals surface area contributed by atoms with Crippen LogP contribution in [-0.2, 0) is 11.4 Å². The molecular formula is C25H27NO2S. The van der Waals surface area contributed by atoms with E-state index in [0.29, 0.717) is 13.2 Å². The molecule has 0 heterocycles. The Morgan fingerprint density at radius 1 is 0.931 bits per heavy atom. The van der Waals surface area contributed by atoms with Crippen LogP contribution in [0.15, 0.2) is 78.0 Å². The third-order valence-electron chi connectivity index (χ3n) is 4.71. The van der Waals surface area contributed by atoms with Gasteiger partial charge in [-0.25, -0.2) is 0 Å². The van der Waals surface area contributed by atoms with Crippen LogP contribution in [-0.4, -0.2) is 24.3 Å². The van der Waals surface area contributed by atoms with Crippen molar-refractivity contribution in [2.45, 2.75) is 20.5 Å². The van der Waals surface area contributed by atoms with E-state index in [9.17, 15) is 0 Å². The second-order valence-electron chi connectivity index (χ2n) is 6.66. The number of oxime groups is 1. The first-order chi connectivity index (χ1) is 14.2. The zero-order valence-corrected chi connectivity index (χ0v) is 18.0. The Hall–Kier alpha value is -2.72. The van der Waals surface area contributed by atoms with Gasteiger partial charge in [-0.3, -0.25) is 0 Å². The predicted octanol–water partition coefficient (Wildman–Crippen LogP) is 6.34. The summed E-state index contributed by atoms with van der Waals surface area (Å²) in [4.78, 5) is 5.78. The molecule has 0 aliphatic carbocycles. The lowest BCUT2D eigenvalue weighted by molar-refractivity contribution is 0.130. The van der Waals surface area contributed by atoms with E-state index in [1.807, 2.05) is 37.3 Å². The molecule has 4 heteroatoms. The molecule has 0 radical (unpaired) electrons. The summed E-state index contributed by atoms with van der Waals surface area (Å²) in [5, 5.41) is 4.45. The summed E-state index contributed by atoms with van der Waals surface area (Å²) in [6.45, 7) is 5.23. The van der Waals surface area contributed by atoms with Gasteiger partial charge in [0.25, 0.3) is 0 Å². The molecule has 0 atom stereocenters. The number of hydrogen-bond donors (Lipinski definition) is 0. The van der Waals surface area contributed by atoms with E-state index in [4.69, 9.17) is 9.57 Å². The fourth-order valence-electron chi connectivity index (χ4n) is 3.16. The van der Waals surface area contributed by atoms with Gasteiger partial charge in [0.05, 0.1) is 12.3 Å². The second-order valence-corrected chi connectivity index (χ2v) is 7.52. The standard InChI is InChI=1S/C25H27NO2S/c1-4-27-23-15-13-21(14-16-23)25(18-29-3)26-28-17-22-11-8-12-24(19(22)2)20-9-6-5-7-10-20/h5-16H,4,17-18H2,1-3H3/b26-25+. The average Bonchev–Trinajstić information content (AvgIpc) is 2.76. The molecule has 150 valence electrons. The van der Waals surface area contributed by atoms with E-state index in [2.05, 4.69) is 60.8 Å². The number of ether oxygens (including phenoxy) is 1. The molecule has 0 bridgehead atoms. The van der Waals surface area contributed by atoms with Gasteiger partial charge in [-0.15, -0.1) is 0 Å². The van der Waals surface area contributed by atoms with Gasteiger partial charge in [0.15, 0.2) is 0 Å². The number of benzene rings is 3. The maximum atomic E-state index is 5.78. The van der Waals surface area contributed by atoms with Gasteiger partial charge in [-0.1, -0.05) is 53.7 Å². The minimum absolute atomic E-state index is 0.446. The fourth-order valence-corrected chi connectivity index (χ4v) is 3.65. The monoisotopic (exact) mass is 405 g/mol. The highest BCUT2D eigenvalue weighted by Crippen LogP contribution is 2.26. The molecule has 3 aromatic rings. The fraction of sp³-hybridized carbons (Fsp3) is 0.240. The molecule has 3 nitrogen and oxygen atoms in total. The maximum Gasteiger partial charge on any atom is 0.142 e. The largest absolute Gasteiger partial charge is 0.494 e. The summed E-state index contributed by atoms with van der Waals surface area (Å²) < 4.78 is 5.52. The Morgan fingerprint density at radius 3 is 2.38 bits per heavy atom. The molecule has 0 aliphatic rings. The molecule has 3 aromatic carbocycles. The predicted molar refractivity (Wildman–Crippen MR) is 124 cm³/mol. The highest BCUT2D eigenvalue weighted by atomic mass is 32.2. The van der Waals surface area contributed by atoms with Crippen LogP contribution in [0.25, 0.3) is 11.1 Å². The number of nitrogens with zero attached hydrogens (tertiary/aromatic N) is 1. The van der Waals surface area contributed by atoms with Crippen molar-refractivity contribution in [1.82, 2.24) is 0 Å². The zero-order valence-electron chi connectivity index (χ0n) is 17.2. The van der Waals surface area contributed by atoms with Crippen molar-refractivity contribution in [2.75, 3.05) is 18.6 Å². The van der Waals surface area contributed by atoms with Gasteiger partial charge >= 0.3 is 0 Å². The number of rotatable bonds is 9. The number of thioether (sulfide) groups is 1. The molecule has 0 fully saturated rings. The van der Waals surface area contributed by atoms with E-state index in [1.165, 1.54) is 16.7 Å². The summed E-state index contributed by atoms with van der Waals surface area (Å²) in [5.41, 5.74) is 6.79. The molecule has 0 unspecified atom stereocenters. The Morgan fingerprint density at radius 2 is 1.69 bits per heavy atom. The van der Waals surface area contributed by atoms with Gasteiger partial charge < -0.3 is 9.57 Å². The lowest BCUT2D eigenvalue weighted by Crippen LogP contribution is -2.06. The molecule has 3 rings (SSSR count). The average molecular weight is 406 g/mol. The number of hydrogen-bond acceptors (Lipinski definition) is 4. The van der Waals surface area contributed by atoms with Crippen molar-refractivity contribution in [3.8, 4) is 16.9 Å². The van der Waals surface area contributed by atoms with Gasteiger partial charge in [0, 0.05) is 11.3 Å². The quantitative estimate of drug-likeness (QED) is 0.307. The van der Waals surface area contributed by atoms with Crippen LogP contribution in [0, 0.1) is 6.92 Å². The molecular weight excluding hydrogens is 378 g/mol. The van der Waals surface area contributed by atoms with Crippen LogP contribution < -0.4 is 4.74 Å². The van der Waals surface area contributed by atoms with Crippen LogP contribution in [0.1, 0.15) is 23.6 Å². The maximum absolute atomic E-state index is 5.78. The van der Waals surface area contributed by atoms with Crippen LogP contribution in [0.4, 0.5) is 0 Å². The molecule has 0 amide bonds. The Balaban J connectivity index is 1.74. The smallest absolute Gasteiger partial charge is 0.142 e. The first-order valence-corrected chi connectivity index (χ1v) is 11.2. The second kappa shape index (κ2) is 10.7. The SMILES string of the molecule is CCOc1ccc(/C(CSC)=N/OCc2cccc(-c3ccccc3)c2C)cc1. The van der Waals surface area contributed by atoms with E-state index >= 15 is 0 Å². The highest BCUT2D eigenvalue weighted by molar-refractivity contribution is 7.99.